The fourth-order valence-corrected chi connectivity index (χ4v) is 1.40. The zero-order valence-corrected chi connectivity index (χ0v) is 8.87. The van der Waals surface area contributed by atoms with E-state index in [0.29, 0.717) is 6.54 Å². The van der Waals surface area contributed by atoms with Crippen LogP contribution in [0.2, 0.25) is 0 Å². The number of hydrogen-bond donors (Lipinski definition) is 2. The van der Waals surface area contributed by atoms with Crippen molar-refractivity contribution >= 4 is 17.7 Å². The maximum absolute atomic E-state index is 12.5. The predicted molar refractivity (Wildman–Crippen MR) is 53.1 cm³/mol. The van der Waals surface area contributed by atoms with Crippen molar-refractivity contribution in [3.8, 4) is 0 Å². The predicted octanol–water partition coefficient (Wildman–Crippen LogP) is 1.44. The number of carboxylic acid groups (broad SMARTS) is 1. The van der Waals surface area contributed by atoms with Crippen LogP contribution in [0.3, 0.4) is 0 Å². The second-order valence-electron chi connectivity index (χ2n) is 2.74. The van der Waals surface area contributed by atoms with E-state index in [9.17, 15) is 13.6 Å². The molecule has 0 unspecified atom stereocenters. The molecule has 0 aliphatic rings. The normalized spacial score (nSPS) is 11.6. The van der Waals surface area contributed by atoms with Crippen molar-refractivity contribution in [3.05, 3.63) is 0 Å². The molecule has 2 N–H and O–H groups in total. The van der Waals surface area contributed by atoms with Crippen LogP contribution in [0.1, 0.15) is 13.3 Å². The summed E-state index contributed by atoms with van der Waals surface area (Å²) in [6, 6.07) is 0. The van der Waals surface area contributed by atoms with Crippen LogP contribution < -0.4 is 5.32 Å². The minimum atomic E-state index is -3.65. The first-order valence-corrected chi connectivity index (χ1v) is 5.56. The monoisotopic (exact) mass is 227 g/mol. The molecule has 3 nitrogen and oxygen atoms in total. The lowest BCUT2D eigenvalue weighted by Crippen LogP contribution is -2.40. The number of hydrogen-bond acceptors (Lipinski definition) is 3. The third-order valence-corrected chi connectivity index (χ3v) is 2.49. The lowest BCUT2D eigenvalue weighted by molar-refractivity contribution is -0.163. The fraction of sp³-hybridized carbons (Fsp3) is 0.875. The van der Waals surface area contributed by atoms with Gasteiger partial charge in [-0.2, -0.15) is 20.5 Å². The number of alkyl halides is 2. The minimum Gasteiger partial charge on any atom is -0.477 e. The maximum atomic E-state index is 12.5. The quantitative estimate of drug-likeness (QED) is 0.616. The van der Waals surface area contributed by atoms with E-state index in [1.165, 1.54) is 0 Å². The second-order valence-corrected chi connectivity index (χ2v) is 4.13. The summed E-state index contributed by atoms with van der Waals surface area (Å²) in [5.74, 6) is -3.82. The summed E-state index contributed by atoms with van der Waals surface area (Å²) in [5.41, 5.74) is 0. The summed E-state index contributed by atoms with van der Waals surface area (Å²) in [6.45, 7) is 1.66. The van der Waals surface area contributed by atoms with E-state index in [1.807, 2.05) is 6.92 Å². The number of nitrogens with one attached hydrogen (secondary N) is 1. The molecule has 0 fully saturated rings. The van der Waals surface area contributed by atoms with E-state index in [4.69, 9.17) is 5.11 Å². The highest BCUT2D eigenvalue weighted by molar-refractivity contribution is 7.99. The van der Waals surface area contributed by atoms with Crippen LogP contribution in [0.15, 0.2) is 0 Å². The van der Waals surface area contributed by atoms with Gasteiger partial charge in [0.2, 0.25) is 0 Å². The van der Waals surface area contributed by atoms with E-state index in [1.54, 1.807) is 11.8 Å². The Hall–Kier alpha value is -0.360. The summed E-state index contributed by atoms with van der Waals surface area (Å²) in [6.07, 6.45) is 0.772. The highest BCUT2D eigenvalue weighted by atomic mass is 32.2. The van der Waals surface area contributed by atoms with Gasteiger partial charge in [0, 0.05) is 0 Å². The van der Waals surface area contributed by atoms with Gasteiger partial charge in [-0.3, -0.25) is 0 Å². The van der Waals surface area contributed by atoms with Gasteiger partial charge in [-0.15, -0.1) is 0 Å². The lowest BCUT2D eigenvalue weighted by Gasteiger charge is -2.11. The molecule has 0 radical (unpaired) electrons. The Morgan fingerprint density at radius 1 is 1.57 bits per heavy atom. The van der Waals surface area contributed by atoms with Crippen molar-refractivity contribution in [1.29, 1.82) is 0 Å². The van der Waals surface area contributed by atoms with Crippen molar-refractivity contribution in [2.24, 2.45) is 0 Å². The van der Waals surface area contributed by atoms with Crippen LogP contribution >= 0.6 is 11.8 Å². The van der Waals surface area contributed by atoms with Gasteiger partial charge < -0.3 is 10.4 Å². The molecule has 0 rings (SSSR count). The molecule has 14 heavy (non-hydrogen) atoms. The third-order valence-electron chi connectivity index (χ3n) is 1.51. The second kappa shape index (κ2) is 7.00. The number of carbonyl (C=O) groups is 1. The first-order chi connectivity index (χ1) is 6.50. The number of thioether (sulfide) groups is 1. The Kier molecular flexibility index (Phi) is 6.82. The van der Waals surface area contributed by atoms with E-state index in [2.05, 4.69) is 5.32 Å². The molecule has 0 bridgehead atoms. The fourth-order valence-electron chi connectivity index (χ4n) is 0.765. The van der Waals surface area contributed by atoms with Crippen LogP contribution in [-0.4, -0.2) is 41.6 Å². The molecule has 0 saturated carbocycles. The molecule has 6 heteroatoms. The van der Waals surface area contributed by atoms with Crippen molar-refractivity contribution in [1.82, 2.24) is 5.32 Å². The number of aliphatic carboxylic acids is 1. The largest absolute Gasteiger partial charge is 0.477 e. The van der Waals surface area contributed by atoms with Gasteiger partial charge in [0.25, 0.3) is 0 Å². The van der Waals surface area contributed by atoms with Gasteiger partial charge in [0.1, 0.15) is 0 Å². The van der Waals surface area contributed by atoms with E-state index in [-0.39, 0.29) is 0 Å². The molecule has 0 amide bonds. The summed E-state index contributed by atoms with van der Waals surface area (Å²) >= 11 is 1.73. The van der Waals surface area contributed by atoms with Crippen LogP contribution in [-0.2, 0) is 4.79 Å². The van der Waals surface area contributed by atoms with Crippen LogP contribution in [0, 0.1) is 0 Å². The van der Waals surface area contributed by atoms with Crippen LogP contribution in [0.5, 0.6) is 0 Å². The molecule has 0 aromatic rings. The number of rotatable bonds is 8. The van der Waals surface area contributed by atoms with Crippen LogP contribution in [0.25, 0.3) is 0 Å². The molecule has 0 aromatic carbocycles. The van der Waals surface area contributed by atoms with Gasteiger partial charge in [-0.05, 0) is 24.5 Å². The summed E-state index contributed by atoms with van der Waals surface area (Å²) in [7, 11) is 0. The van der Waals surface area contributed by atoms with Crippen LogP contribution in [0.4, 0.5) is 8.78 Å². The first-order valence-electron chi connectivity index (χ1n) is 4.40. The van der Waals surface area contributed by atoms with E-state index >= 15 is 0 Å². The van der Waals surface area contributed by atoms with Gasteiger partial charge in [-0.25, -0.2) is 4.79 Å². The minimum absolute atomic E-state index is 0.426. The molecular formula is C8H15F2NO2S. The van der Waals surface area contributed by atoms with E-state index < -0.39 is 18.4 Å². The van der Waals surface area contributed by atoms with Gasteiger partial charge in [0.15, 0.2) is 0 Å². The highest BCUT2D eigenvalue weighted by Gasteiger charge is 2.37. The van der Waals surface area contributed by atoms with E-state index in [0.717, 1.165) is 17.9 Å². The standard InChI is InChI=1S/C8H15F2NO2S/c1-2-14-5-3-4-11-6-8(9,10)7(12)13/h11H,2-6H2,1H3,(H,12,13). The SMILES string of the molecule is CCSCCCNCC(F)(F)C(=O)O. The van der Waals surface area contributed by atoms with Gasteiger partial charge >= 0.3 is 11.9 Å². The number of halogens is 2. The molecule has 0 aliphatic carbocycles. The van der Waals surface area contributed by atoms with Gasteiger partial charge in [0.05, 0.1) is 6.54 Å². The summed E-state index contributed by atoms with van der Waals surface area (Å²) < 4.78 is 24.9. The summed E-state index contributed by atoms with van der Waals surface area (Å²) in [4.78, 5) is 9.99. The Morgan fingerprint density at radius 3 is 2.71 bits per heavy atom. The first kappa shape index (κ1) is 13.6. The Balaban J connectivity index is 3.40. The van der Waals surface area contributed by atoms with Crippen molar-refractivity contribution in [2.75, 3.05) is 24.6 Å². The lowest BCUT2D eigenvalue weighted by atomic mass is 10.3. The molecule has 0 aliphatic heterocycles. The Morgan fingerprint density at radius 2 is 2.21 bits per heavy atom. The number of carboxylic acids is 1. The highest BCUT2D eigenvalue weighted by Crippen LogP contribution is 2.11. The zero-order chi connectivity index (χ0) is 11.0. The topological polar surface area (TPSA) is 49.3 Å². The average Bonchev–Trinajstić information content (AvgIpc) is 2.10. The maximum Gasteiger partial charge on any atom is 0.375 e. The average molecular weight is 227 g/mol. The smallest absolute Gasteiger partial charge is 0.375 e. The molecule has 0 heterocycles. The molecule has 0 aromatic heterocycles. The molecule has 84 valence electrons. The van der Waals surface area contributed by atoms with Crippen molar-refractivity contribution < 1.29 is 18.7 Å². The van der Waals surface area contributed by atoms with Crippen molar-refractivity contribution in [2.45, 2.75) is 19.3 Å². The molecule has 0 atom stereocenters. The molecule has 0 spiro atoms. The summed E-state index contributed by atoms with van der Waals surface area (Å²) in [5, 5.41) is 10.5. The Bertz CT molecular complexity index is 179. The molecule has 0 saturated heterocycles. The Labute approximate surface area is 86.3 Å². The van der Waals surface area contributed by atoms with Gasteiger partial charge in [-0.1, -0.05) is 6.92 Å². The molecular weight excluding hydrogens is 212 g/mol. The van der Waals surface area contributed by atoms with Crippen molar-refractivity contribution in [3.63, 3.8) is 0 Å². The zero-order valence-electron chi connectivity index (χ0n) is 8.06. The third kappa shape index (κ3) is 6.15.